The van der Waals surface area contributed by atoms with Gasteiger partial charge in [-0.15, -0.1) is 0 Å². The van der Waals surface area contributed by atoms with Crippen molar-refractivity contribution in [2.45, 2.75) is 128 Å². The summed E-state index contributed by atoms with van der Waals surface area (Å²) in [6.45, 7) is 2.05. The molecule has 0 unspecified atom stereocenters. The normalized spacial score (nSPS) is 28.0. The first-order valence-electron chi connectivity index (χ1n) is 11.5. The fourth-order valence-corrected chi connectivity index (χ4v) is 3.74. The molecule has 168 valence electrons. The average molecular weight is 407 g/mol. The number of unbranched alkanes of at least 4 members (excludes halogenated alkanes) is 13. The second-order valence-corrected chi connectivity index (χ2v) is 8.12. The zero-order valence-electron chi connectivity index (χ0n) is 17.7. The molecule has 0 amide bonds. The molecule has 0 spiro atoms. The molecule has 0 aromatic rings. The van der Waals surface area contributed by atoms with Crippen LogP contribution < -0.4 is 0 Å². The third kappa shape index (κ3) is 10.5. The summed E-state index contributed by atoms with van der Waals surface area (Å²) < 4.78 is 24.1. The van der Waals surface area contributed by atoms with Gasteiger partial charge in [-0.05, 0) is 6.42 Å². The first-order chi connectivity index (χ1) is 13.6. The summed E-state index contributed by atoms with van der Waals surface area (Å²) in [6, 6.07) is 0. The maximum absolute atomic E-state index is 13.9. The molecule has 1 aliphatic heterocycles. The molecule has 0 aromatic heterocycles. The Morgan fingerprint density at radius 1 is 0.750 bits per heavy atom. The third-order valence-electron chi connectivity index (χ3n) is 5.62. The summed E-state index contributed by atoms with van der Waals surface area (Å²) in [6.07, 6.45) is 10.8. The molecule has 1 rings (SSSR count). The summed E-state index contributed by atoms with van der Waals surface area (Å²) in [5.41, 5.74) is 0. The molecule has 0 aliphatic carbocycles. The van der Waals surface area contributed by atoms with Crippen LogP contribution in [-0.2, 0) is 9.47 Å². The van der Waals surface area contributed by atoms with E-state index in [1.165, 1.54) is 70.6 Å². The van der Waals surface area contributed by atoms with Gasteiger partial charge in [-0.3, -0.25) is 0 Å². The number of halogens is 1. The van der Waals surface area contributed by atoms with E-state index in [4.69, 9.17) is 14.6 Å². The van der Waals surface area contributed by atoms with Gasteiger partial charge in [0.15, 0.2) is 0 Å². The maximum atomic E-state index is 13.9. The molecule has 0 saturated carbocycles. The average Bonchev–Trinajstić information content (AvgIpc) is 2.69. The summed E-state index contributed by atoms with van der Waals surface area (Å²) in [5.74, 6) is 0. The Hall–Kier alpha value is -0.270. The second kappa shape index (κ2) is 16.5. The van der Waals surface area contributed by atoms with Crippen molar-refractivity contribution in [2.75, 3.05) is 13.2 Å². The van der Waals surface area contributed by atoms with E-state index in [0.717, 1.165) is 19.3 Å². The van der Waals surface area contributed by atoms with Crippen molar-refractivity contribution < 1.29 is 29.2 Å². The Morgan fingerprint density at radius 3 is 1.68 bits per heavy atom. The van der Waals surface area contributed by atoms with Gasteiger partial charge >= 0.3 is 0 Å². The monoisotopic (exact) mass is 406 g/mol. The quantitative estimate of drug-likeness (QED) is 0.315. The number of ether oxygens (including phenoxy) is 2. The lowest BCUT2D eigenvalue weighted by Crippen LogP contribution is -2.58. The largest absolute Gasteiger partial charge is 0.394 e. The molecule has 3 N–H and O–H groups in total. The van der Waals surface area contributed by atoms with Gasteiger partial charge in [-0.2, -0.15) is 0 Å². The molecule has 6 heteroatoms. The molecule has 5 nitrogen and oxygen atoms in total. The van der Waals surface area contributed by atoms with Crippen LogP contribution in [0, 0.1) is 0 Å². The molecule has 1 saturated heterocycles. The second-order valence-electron chi connectivity index (χ2n) is 8.12. The summed E-state index contributed by atoms with van der Waals surface area (Å²) >= 11 is 0. The predicted octanol–water partition coefficient (Wildman–Crippen LogP) is 4.26. The van der Waals surface area contributed by atoms with Crippen molar-refractivity contribution in [1.82, 2.24) is 0 Å². The van der Waals surface area contributed by atoms with E-state index in [1.807, 2.05) is 0 Å². The van der Waals surface area contributed by atoms with E-state index in [1.54, 1.807) is 0 Å². The lowest BCUT2D eigenvalue weighted by molar-refractivity contribution is -0.273. The Balaban J connectivity index is 1.90. The Labute approximate surface area is 170 Å². The van der Waals surface area contributed by atoms with Crippen LogP contribution >= 0.6 is 0 Å². The Morgan fingerprint density at radius 2 is 1.21 bits per heavy atom. The van der Waals surface area contributed by atoms with Crippen LogP contribution in [0.3, 0.4) is 0 Å². The van der Waals surface area contributed by atoms with Crippen molar-refractivity contribution in [3.8, 4) is 0 Å². The number of aliphatic hydroxyl groups is 3. The van der Waals surface area contributed by atoms with Crippen LogP contribution in [-0.4, -0.2) is 59.3 Å². The lowest BCUT2D eigenvalue weighted by atomic mass is 9.99. The molecular weight excluding hydrogens is 363 g/mol. The predicted molar refractivity (Wildman–Crippen MR) is 109 cm³/mol. The van der Waals surface area contributed by atoms with Crippen molar-refractivity contribution in [2.24, 2.45) is 0 Å². The number of rotatable bonds is 17. The molecule has 1 aliphatic rings. The molecular formula is C22H43FO5. The van der Waals surface area contributed by atoms with Gasteiger partial charge in [0.1, 0.15) is 24.4 Å². The van der Waals surface area contributed by atoms with Gasteiger partial charge in [0.2, 0.25) is 6.36 Å². The fourth-order valence-electron chi connectivity index (χ4n) is 3.74. The molecule has 0 bridgehead atoms. The highest BCUT2D eigenvalue weighted by atomic mass is 19.1. The molecule has 1 heterocycles. The van der Waals surface area contributed by atoms with Crippen LogP contribution in [0.5, 0.6) is 0 Å². The van der Waals surface area contributed by atoms with E-state index in [0.29, 0.717) is 6.61 Å². The zero-order valence-corrected chi connectivity index (χ0v) is 17.7. The van der Waals surface area contributed by atoms with Crippen molar-refractivity contribution in [1.29, 1.82) is 0 Å². The number of hydrogen-bond donors (Lipinski definition) is 3. The Kier molecular flexibility index (Phi) is 15.2. The molecule has 0 aromatic carbocycles. The molecule has 28 heavy (non-hydrogen) atoms. The first kappa shape index (κ1) is 25.8. The molecule has 1 fully saturated rings. The van der Waals surface area contributed by atoms with Crippen molar-refractivity contribution in [3.63, 3.8) is 0 Å². The maximum Gasteiger partial charge on any atom is 0.228 e. The van der Waals surface area contributed by atoms with Crippen molar-refractivity contribution in [3.05, 3.63) is 0 Å². The minimum atomic E-state index is -1.83. The topological polar surface area (TPSA) is 79.2 Å². The van der Waals surface area contributed by atoms with Crippen molar-refractivity contribution >= 4 is 0 Å². The van der Waals surface area contributed by atoms with Crippen LogP contribution in [0.1, 0.15) is 96.8 Å². The number of aliphatic hydroxyl groups excluding tert-OH is 3. The summed E-state index contributed by atoms with van der Waals surface area (Å²) in [4.78, 5) is 0. The van der Waals surface area contributed by atoms with Gasteiger partial charge < -0.3 is 24.8 Å². The lowest BCUT2D eigenvalue weighted by Gasteiger charge is -2.38. The van der Waals surface area contributed by atoms with Crippen LogP contribution in [0.2, 0.25) is 0 Å². The van der Waals surface area contributed by atoms with E-state index in [2.05, 4.69) is 6.92 Å². The number of hydrogen-bond acceptors (Lipinski definition) is 5. The van der Waals surface area contributed by atoms with Gasteiger partial charge in [0.05, 0.1) is 6.61 Å². The van der Waals surface area contributed by atoms with Crippen LogP contribution in [0.25, 0.3) is 0 Å². The van der Waals surface area contributed by atoms with Gasteiger partial charge in [-0.1, -0.05) is 90.4 Å². The highest BCUT2D eigenvalue weighted by Gasteiger charge is 2.45. The number of alkyl halides is 1. The zero-order chi connectivity index (χ0) is 20.6. The fraction of sp³-hybridized carbons (Fsp3) is 1.00. The summed E-state index contributed by atoms with van der Waals surface area (Å²) in [7, 11) is 0. The van der Waals surface area contributed by atoms with E-state index in [-0.39, 0.29) is 0 Å². The standard InChI is InChI=1S/C22H43FO5/c1-2-3-4-5-6-7-8-9-10-11-12-13-14-15-16-27-21-20(26)19(25)18(17-24)28-22(21)23/h18-22,24-26H,2-17H2,1H3/t18-,19-,20+,21-,22+/m1/s1. The highest BCUT2D eigenvalue weighted by molar-refractivity contribution is 4.89. The Bertz CT molecular complexity index is 358. The minimum Gasteiger partial charge on any atom is -0.394 e. The van der Waals surface area contributed by atoms with Crippen LogP contribution in [0.4, 0.5) is 4.39 Å². The van der Waals surface area contributed by atoms with Gasteiger partial charge in [-0.25, -0.2) is 4.39 Å². The SMILES string of the molecule is CCCCCCCCCCCCCCCCO[C@@H]1[C@@H](O)[C@H](O)[C@@H](CO)O[C@@H]1F. The highest BCUT2D eigenvalue weighted by Crippen LogP contribution is 2.24. The summed E-state index contributed by atoms with van der Waals surface area (Å²) in [5, 5.41) is 28.7. The third-order valence-corrected chi connectivity index (χ3v) is 5.62. The molecule has 0 radical (unpaired) electrons. The van der Waals surface area contributed by atoms with Gasteiger partial charge in [0.25, 0.3) is 0 Å². The molecule has 5 atom stereocenters. The van der Waals surface area contributed by atoms with Gasteiger partial charge in [0, 0.05) is 6.61 Å². The minimum absolute atomic E-state index is 0.333. The first-order valence-corrected chi connectivity index (χ1v) is 11.5. The van der Waals surface area contributed by atoms with E-state index < -0.39 is 37.4 Å². The van der Waals surface area contributed by atoms with Crippen LogP contribution in [0.15, 0.2) is 0 Å². The van der Waals surface area contributed by atoms with E-state index in [9.17, 15) is 14.6 Å². The van der Waals surface area contributed by atoms with E-state index >= 15 is 0 Å². The smallest absolute Gasteiger partial charge is 0.228 e.